The lowest BCUT2D eigenvalue weighted by molar-refractivity contribution is -0.233. The molecule has 4 heteroatoms. The first-order chi connectivity index (χ1) is 13.8. The Balaban J connectivity index is 1.43. The highest BCUT2D eigenvalue weighted by Gasteiger charge is 2.62. The molecule has 4 nitrogen and oxygen atoms in total. The molecule has 5 fully saturated rings. The first-order valence-corrected chi connectivity index (χ1v) is 12.2. The molecule has 0 aromatic carbocycles. The molecule has 0 aliphatic heterocycles. The Bertz CT molecular complexity index is 583. The van der Waals surface area contributed by atoms with Gasteiger partial charge in [-0.3, -0.25) is 9.59 Å². The van der Waals surface area contributed by atoms with Gasteiger partial charge in [-0.15, -0.1) is 0 Å². The second kappa shape index (κ2) is 8.23. The van der Waals surface area contributed by atoms with Crippen molar-refractivity contribution in [1.29, 1.82) is 0 Å². The van der Waals surface area contributed by atoms with E-state index in [0.717, 1.165) is 18.3 Å². The van der Waals surface area contributed by atoms with Gasteiger partial charge in [0.15, 0.2) is 0 Å². The Morgan fingerprint density at radius 2 is 1.48 bits per heavy atom. The van der Waals surface area contributed by atoms with Crippen molar-refractivity contribution >= 4 is 11.9 Å². The second-order valence-corrected chi connectivity index (χ2v) is 11.1. The third kappa shape index (κ3) is 3.97. The molecule has 164 valence electrons. The van der Waals surface area contributed by atoms with Gasteiger partial charge in [0.25, 0.3) is 0 Å². The first-order valence-electron chi connectivity index (χ1n) is 12.2. The maximum absolute atomic E-state index is 13.0. The fourth-order valence-electron chi connectivity index (χ4n) is 7.21. The summed E-state index contributed by atoms with van der Waals surface area (Å²) in [4.78, 5) is 25.2. The monoisotopic (exact) mass is 404 g/mol. The largest absolute Gasteiger partial charge is 0.465 e. The quantitative estimate of drug-likeness (QED) is 0.513. The van der Waals surface area contributed by atoms with Crippen LogP contribution >= 0.6 is 0 Å². The van der Waals surface area contributed by atoms with Crippen LogP contribution in [0.15, 0.2) is 0 Å². The van der Waals surface area contributed by atoms with E-state index < -0.39 is 5.41 Å². The summed E-state index contributed by atoms with van der Waals surface area (Å²) in [5.74, 6) is 3.03. The van der Waals surface area contributed by atoms with E-state index in [2.05, 4.69) is 0 Å². The maximum atomic E-state index is 13.0. The Kier molecular flexibility index (Phi) is 6.01. The van der Waals surface area contributed by atoms with Gasteiger partial charge in [0, 0.05) is 0 Å². The molecule has 0 N–H and O–H groups in total. The molecule has 0 aromatic heterocycles. The van der Waals surface area contributed by atoms with Crippen molar-refractivity contribution in [1.82, 2.24) is 0 Å². The zero-order valence-electron chi connectivity index (χ0n) is 18.7. The van der Waals surface area contributed by atoms with Crippen molar-refractivity contribution in [2.24, 2.45) is 35.0 Å². The van der Waals surface area contributed by atoms with Crippen LogP contribution in [-0.2, 0) is 19.1 Å². The Morgan fingerprint density at radius 1 is 0.897 bits per heavy atom. The molecule has 5 rings (SSSR count). The van der Waals surface area contributed by atoms with Crippen LogP contribution < -0.4 is 0 Å². The zero-order chi connectivity index (χ0) is 20.6. The molecule has 5 aliphatic carbocycles. The van der Waals surface area contributed by atoms with Crippen molar-refractivity contribution in [3.8, 4) is 0 Å². The van der Waals surface area contributed by atoms with Gasteiger partial charge < -0.3 is 9.47 Å². The minimum absolute atomic E-state index is 0.141. The molecule has 0 atom stereocenters. The van der Waals surface area contributed by atoms with Crippen molar-refractivity contribution in [2.75, 3.05) is 6.61 Å². The summed E-state index contributed by atoms with van der Waals surface area (Å²) in [7, 11) is 0. The Labute approximate surface area is 176 Å². The summed E-state index contributed by atoms with van der Waals surface area (Å²) in [6.45, 7) is 5.90. The van der Waals surface area contributed by atoms with Crippen LogP contribution in [0.1, 0.15) is 97.8 Å². The van der Waals surface area contributed by atoms with Gasteiger partial charge in [0.2, 0.25) is 0 Å². The fourth-order valence-corrected chi connectivity index (χ4v) is 7.21. The van der Waals surface area contributed by atoms with Crippen LogP contribution in [0.25, 0.3) is 0 Å². The Morgan fingerprint density at radius 3 is 2.03 bits per heavy atom. The van der Waals surface area contributed by atoms with E-state index in [4.69, 9.17) is 9.47 Å². The van der Waals surface area contributed by atoms with Gasteiger partial charge in [-0.2, -0.15) is 0 Å². The van der Waals surface area contributed by atoms with Crippen LogP contribution in [0.5, 0.6) is 0 Å². The van der Waals surface area contributed by atoms with E-state index >= 15 is 0 Å². The van der Waals surface area contributed by atoms with Gasteiger partial charge in [-0.1, -0.05) is 26.2 Å². The number of rotatable bonds is 7. The summed E-state index contributed by atoms with van der Waals surface area (Å²) in [6, 6.07) is 0. The van der Waals surface area contributed by atoms with Crippen LogP contribution in [0.3, 0.4) is 0 Å². The molecule has 0 heterocycles. The van der Waals surface area contributed by atoms with Gasteiger partial charge in [-0.05, 0) is 94.8 Å². The van der Waals surface area contributed by atoms with Crippen molar-refractivity contribution in [2.45, 2.75) is 103 Å². The lowest BCUT2D eigenvalue weighted by Crippen LogP contribution is -2.63. The van der Waals surface area contributed by atoms with E-state index in [0.29, 0.717) is 17.8 Å². The third-order valence-corrected chi connectivity index (χ3v) is 8.92. The van der Waals surface area contributed by atoms with E-state index in [1.54, 1.807) is 0 Å². The Hall–Kier alpha value is -1.06. The molecule has 5 saturated carbocycles. The number of hydrogen-bond acceptors (Lipinski definition) is 4. The van der Waals surface area contributed by atoms with Gasteiger partial charge in [-0.25, -0.2) is 0 Å². The molecule has 0 spiro atoms. The van der Waals surface area contributed by atoms with Crippen LogP contribution in [0, 0.1) is 35.0 Å². The number of hydrogen-bond donors (Lipinski definition) is 0. The van der Waals surface area contributed by atoms with Crippen LogP contribution in [0.2, 0.25) is 0 Å². The SMILES string of the molecule is CCC(C)(C)C(=O)OCCC(=O)OC1(C2CCCCC2)C2CC3CC(C2)CC1C3. The average Bonchev–Trinajstić information content (AvgIpc) is 2.70. The normalized spacial score (nSPS) is 36.8. The van der Waals surface area contributed by atoms with Crippen molar-refractivity contribution < 1.29 is 19.1 Å². The molecular formula is C25H40O4. The predicted molar refractivity (Wildman–Crippen MR) is 112 cm³/mol. The summed E-state index contributed by atoms with van der Waals surface area (Å²) in [6.07, 6.45) is 13.7. The molecule has 29 heavy (non-hydrogen) atoms. The predicted octanol–water partition coefficient (Wildman–Crippen LogP) is 5.67. The minimum Gasteiger partial charge on any atom is -0.465 e. The summed E-state index contributed by atoms with van der Waals surface area (Å²) in [5.41, 5.74) is -0.716. The molecule has 0 saturated heterocycles. The van der Waals surface area contributed by atoms with Crippen molar-refractivity contribution in [3.05, 3.63) is 0 Å². The number of ether oxygens (including phenoxy) is 2. The van der Waals surface area contributed by atoms with Gasteiger partial charge in [0.1, 0.15) is 12.2 Å². The van der Waals surface area contributed by atoms with Gasteiger partial charge in [0.05, 0.1) is 11.8 Å². The lowest BCUT2D eigenvalue weighted by Gasteiger charge is -2.63. The summed E-state index contributed by atoms with van der Waals surface area (Å²) in [5, 5.41) is 0. The minimum atomic E-state index is -0.491. The lowest BCUT2D eigenvalue weighted by atomic mass is 9.46. The summed E-state index contributed by atoms with van der Waals surface area (Å²) < 4.78 is 11.9. The first kappa shape index (κ1) is 21.2. The number of carbonyl (C=O) groups is 2. The topological polar surface area (TPSA) is 52.6 Å². The van der Waals surface area contributed by atoms with E-state index in [9.17, 15) is 9.59 Å². The van der Waals surface area contributed by atoms with E-state index in [1.807, 2.05) is 20.8 Å². The molecule has 0 amide bonds. The van der Waals surface area contributed by atoms with Crippen molar-refractivity contribution in [3.63, 3.8) is 0 Å². The average molecular weight is 405 g/mol. The number of esters is 2. The smallest absolute Gasteiger partial charge is 0.311 e. The third-order valence-electron chi connectivity index (χ3n) is 8.92. The highest BCUT2D eigenvalue weighted by atomic mass is 16.6. The second-order valence-electron chi connectivity index (χ2n) is 11.1. The molecule has 0 radical (unpaired) electrons. The molecule has 4 bridgehead atoms. The fraction of sp³-hybridized carbons (Fsp3) is 0.920. The number of carbonyl (C=O) groups excluding carboxylic acids is 2. The van der Waals surface area contributed by atoms with Gasteiger partial charge >= 0.3 is 11.9 Å². The highest BCUT2D eigenvalue weighted by Crippen LogP contribution is 2.63. The molecular weight excluding hydrogens is 364 g/mol. The van der Waals surface area contributed by atoms with E-state index in [-0.39, 0.29) is 30.6 Å². The van der Waals surface area contributed by atoms with Crippen LogP contribution in [0.4, 0.5) is 0 Å². The molecule has 0 unspecified atom stereocenters. The zero-order valence-corrected chi connectivity index (χ0v) is 18.7. The summed E-state index contributed by atoms with van der Waals surface area (Å²) >= 11 is 0. The van der Waals surface area contributed by atoms with E-state index in [1.165, 1.54) is 64.2 Å². The maximum Gasteiger partial charge on any atom is 0.311 e. The molecule has 5 aliphatic rings. The molecule has 0 aromatic rings. The van der Waals surface area contributed by atoms with Crippen LogP contribution in [-0.4, -0.2) is 24.1 Å². The highest BCUT2D eigenvalue weighted by molar-refractivity contribution is 5.76. The standard InChI is InChI=1S/C25H40O4/c1-4-24(2,3)23(27)28-11-10-22(26)29-25(19-8-6-5-7-9-19)20-13-17-12-18(15-20)16-21(25)14-17/h17-21H,4-16H2,1-3H3.